The number of aliphatic hydroxyl groups is 2. The molecule has 1 rings (SSSR count). The fourth-order valence-electron chi connectivity index (χ4n) is 1.20. The van der Waals surface area contributed by atoms with Crippen molar-refractivity contribution in [3.8, 4) is 5.75 Å². The number of aryl methyl sites for hydroxylation is 1. The summed E-state index contributed by atoms with van der Waals surface area (Å²) in [5.41, 5.74) is 1.66. The molecule has 0 aliphatic rings. The fraction of sp³-hybridized carbons (Fsp3) is 0.417. The molecule has 0 aromatic heterocycles. The lowest BCUT2D eigenvalue weighted by Crippen LogP contribution is -2.03. The van der Waals surface area contributed by atoms with Crippen LogP contribution in [0, 0.1) is 6.92 Å². The summed E-state index contributed by atoms with van der Waals surface area (Å²) in [6, 6.07) is 5.25. The minimum absolute atomic E-state index is 0.335. The first-order chi connectivity index (χ1) is 7.50. The third-order valence-corrected chi connectivity index (χ3v) is 1.94. The van der Waals surface area contributed by atoms with Crippen LogP contribution >= 0.6 is 0 Å². The Kier molecular flexibility index (Phi) is 6.37. The van der Waals surface area contributed by atoms with Crippen LogP contribution in [0.5, 0.6) is 5.75 Å². The van der Waals surface area contributed by atoms with E-state index in [9.17, 15) is 9.90 Å². The molecule has 1 aromatic rings. The molecule has 1 unspecified atom stereocenters. The van der Waals surface area contributed by atoms with Gasteiger partial charge in [0.05, 0.1) is 6.10 Å². The number of benzene rings is 1. The van der Waals surface area contributed by atoms with Crippen LogP contribution in [-0.4, -0.2) is 23.3 Å². The Bertz CT molecular complexity index is 345. The van der Waals surface area contributed by atoms with Gasteiger partial charge in [-0.3, -0.25) is 4.79 Å². The summed E-state index contributed by atoms with van der Waals surface area (Å²) in [6.07, 6.45) is -0.500. The molecule has 2 N–H and O–H groups in total. The molecule has 0 amide bonds. The van der Waals surface area contributed by atoms with Crippen LogP contribution in [0.15, 0.2) is 18.2 Å². The molecule has 1 atom stereocenters. The van der Waals surface area contributed by atoms with Crippen molar-refractivity contribution >= 4 is 5.97 Å². The van der Waals surface area contributed by atoms with E-state index in [1.54, 1.807) is 19.1 Å². The molecular weight excluding hydrogens is 208 g/mol. The second-order valence-electron chi connectivity index (χ2n) is 3.29. The molecular formula is C12H18O4. The zero-order chi connectivity index (χ0) is 12.7. The molecule has 0 aliphatic heterocycles. The van der Waals surface area contributed by atoms with Crippen LogP contribution < -0.4 is 4.74 Å². The number of rotatable bonds is 2. The predicted octanol–water partition coefficient (Wildman–Crippen LogP) is 1.58. The summed E-state index contributed by atoms with van der Waals surface area (Å²) in [5.74, 6) is 0.208. The summed E-state index contributed by atoms with van der Waals surface area (Å²) in [6.45, 7) is 4.90. The molecule has 16 heavy (non-hydrogen) atoms. The molecule has 4 heteroatoms. The largest absolute Gasteiger partial charge is 0.426 e. The zero-order valence-electron chi connectivity index (χ0n) is 10.0. The highest BCUT2D eigenvalue weighted by Crippen LogP contribution is 2.22. The quantitative estimate of drug-likeness (QED) is 0.593. The van der Waals surface area contributed by atoms with E-state index in [0.29, 0.717) is 5.75 Å². The Morgan fingerprint density at radius 2 is 1.94 bits per heavy atom. The Morgan fingerprint density at radius 1 is 1.38 bits per heavy atom. The maximum atomic E-state index is 10.7. The van der Waals surface area contributed by atoms with E-state index in [1.165, 1.54) is 6.92 Å². The van der Waals surface area contributed by atoms with Gasteiger partial charge in [-0.1, -0.05) is 6.07 Å². The van der Waals surface area contributed by atoms with Gasteiger partial charge in [0.25, 0.3) is 0 Å². The summed E-state index contributed by atoms with van der Waals surface area (Å²) in [5, 5.41) is 16.3. The summed E-state index contributed by atoms with van der Waals surface area (Å²) in [4.78, 5) is 10.7. The Balaban J connectivity index is 0.00000106. The highest BCUT2D eigenvalue weighted by Gasteiger charge is 2.06. The molecule has 0 saturated heterocycles. The predicted molar refractivity (Wildman–Crippen MR) is 61.3 cm³/mol. The third-order valence-electron chi connectivity index (χ3n) is 1.94. The number of esters is 1. The molecule has 1 aromatic carbocycles. The lowest BCUT2D eigenvalue weighted by molar-refractivity contribution is -0.131. The van der Waals surface area contributed by atoms with Crippen molar-refractivity contribution in [2.24, 2.45) is 0 Å². The number of carbonyl (C=O) groups is 1. The van der Waals surface area contributed by atoms with Crippen LogP contribution in [0.2, 0.25) is 0 Å². The average Bonchev–Trinajstić information content (AvgIpc) is 2.23. The van der Waals surface area contributed by atoms with E-state index >= 15 is 0 Å². The summed E-state index contributed by atoms with van der Waals surface area (Å²) < 4.78 is 4.96. The van der Waals surface area contributed by atoms with E-state index < -0.39 is 6.10 Å². The molecule has 4 nitrogen and oxygen atoms in total. The van der Waals surface area contributed by atoms with Gasteiger partial charge in [0.2, 0.25) is 0 Å². The highest BCUT2D eigenvalue weighted by atomic mass is 16.5. The monoisotopic (exact) mass is 226 g/mol. The fourth-order valence-corrected chi connectivity index (χ4v) is 1.20. The third kappa shape index (κ3) is 4.42. The highest BCUT2D eigenvalue weighted by molar-refractivity contribution is 5.69. The molecule has 90 valence electrons. The van der Waals surface area contributed by atoms with Crippen molar-refractivity contribution in [3.05, 3.63) is 29.3 Å². The standard InChI is InChI=1S/C11H14O3.CH4O/c1-7-6-10(8(2)12)4-5-11(7)14-9(3)13;1-2/h4-6,8,12H,1-3H3;2H,1H3. The molecule has 0 radical (unpaired) electrons. The van der Waals surface area contributed by atoms with Crippen molar-refractivity contribution in [3.63, 3.8) is 0 Å². The van der Waals surface area contributed by atoms with Gasteiger partial charge >= 0.3 is 5.97 Å². The van der Waals surface area contributed by atoms with Gasteiger partial charge in [-0.2, -0.15) is 0 Å². The molecule has 0 bridgehead atoms. The van der Waals surface area contributed by atoms with Gasteiger partial charge in [0.1, 0.15) is 5.75 Å². The minimum atomic E-state index is -0.500. The Morgan fingerprint density at radius 3 is 2.31 bits per heavy atom. The van der Waals surface area contributed by atoms with Crippen LogP contribution in [0.4, 0.5) is 0 Å². The van der Waals surface area contributed by atoms with Crippen LogP contribution in [-0.2, 0) is 4.79 Å². The first kappa shape index (κ1) is 14.6. The number of aliphatic hydroxyl groups excluding tert-OH is 2. The summed E-state index contributed by atoms with van der Waals surface area (Å²) >= 11 is 0. The number of hydrogen-bond acceptors (Lipinski definition) is 4. The van der Waals surface area contributed by atoms with Crippen molar-refractivity contribution in [2.45, 2.75) is 26.9 Å². The second-order valence-corrected chi connectivity index (χ2v) is 3.29. The van der Waals surface area contributed by atoms with Crippen LogP contribution in [0.25, 0.3) is 0 Å². The lowest BCUT2D eigenvalue weighted by atomic mass is 10.1. The van der Waals surface area contributed by atoms with E-state index in [0.717, 1.165) is 18.2 Å². The molecule has 0 heterocycles. The van der Waals surface area contributed by atoms with E-state index in [-0.39, 0.29) is 5.97 Å². The van der Waals surface area contributed by atoms with Crippen molar-refractivity contribution < 1.29 is 19.7 Å². The minimum Gasteiger partial charge on any atom is -0.426 e. The molecule has 0 aliphatic carbocycles. The van der Waals surface area contributed by atoms with Gasteiger partial charge in [0.15, 0.2) is 0 Å². The van der Waals surface area contributed by atoms with Crippen molar-refractivity contribution in [1.29, 1.82) is 0 Å². The molecule has 0 spiro atoms. The topological polar surface area (TPSA) is 66.8 Å². The zero-order valence-corrected chi connectivity index (χ0v) is 10.0. The first-order valence-electron chi connectivity index (χ1n) is 4.92. The van der Waals surface area contributed by atoms with Gasteiger partial charge in [-0.25, -0.2) is 0 Å². The second kappa shape index (κ2) is 6.98. The number of hydrogen-bond donors (Lipinski definition) is 2. The van der Waals surface area contributed by atoms with Crippen molar-refractivity contribution in [2.75, 3.05) is 7.11 Å². The van der Waals surface area contributed by atoms with Gasteiger partial charge < -0.3 is 14.9 Å². The van der Waals surface area contributed by atoms with E-state index in [2.05, 4.69) is 0 Å². The maximum absolute atomic E-state index is 10.7. The van der Waals surface area contributed by atoms with Crippen LogP contribution in [0.3, 0.4) is 0 Å². The van der Waals surface area contributed by atoms with Gasteiger partial charge in [-0.05, 0) is 37.1 Å². The summed E-state index contributed by atoms with van der Waals surface area (Å²) in [7, 11) is 1.00. The number of carbonyl (C=O) groups excluding carboxylic acids is 1. The van der Waals surface area contributed by atoms with Crippen LogP contribution in [0.1, 0.15) is 31.1 Å². The van der Waals surface area contributed by atoms with Gasteiger partial charge in [-0.15, -0.1) is 0 Å². The van der Waals surface area contributed by atoms with E-state index in [4.69, 9.17) is 9.84 Å². The lowest BCUT2D eigenvalue weighted by Gasteiger charge is -2.09. The molecule has 0 fully saturated rings. The van der Waals surface area contributed by atoms with Crippen molar-refractivity contribution in [1.82, 2.24) is 0 Å². The Labute approximate surface area is 95.5 Å². The van der Waals surface area contributed by atoms with E-state index in [1.807, 2.05) is 13.0 Å². The Hall–Kier alpha value is -1.39. The average molecular weight is 226 g/mol. The molecule has 0 saturated carbocycles. The SMILES string of the molecule is CC(=O)Oc1ccc(C(C)O)cc1C.CO. The normalized spacial score (nSPS) is 11.1. The van der Waals surface area contributed by atoms with Gasteiger partial charge in [0, 0.05) is 14.0 Å². The smallest absolute Gasteiger partial charge is 0.308 e. The maximum Gasteiger partial charge on any atom is 0.308 e. The first-order valence-corrected chi connectivity index (χ1v) is 4.92. The number of ether oxygens (including phenoxy) is 1.